The molecule has 0 amide bonds. The molecule has 0 aromatic carbocycles. The second-order valence-electron chi connectivity index (χ2n) is 5.10. The van der Waals surface area contributed by atoms with E-state index in [9.17, 15) is 0 Å². The van der Waals surface area contributed by atoms with Gasteiger partial charge in [-0.15, -0.1) is 11.3 Å². The molecule has 2 aromatic heterocycles. The molecule has 1 N–H and O–H groups in total. The smallest absolute Gasteiger partial charge is 0.140 e. The number of aromatic nitrogens is 1. The fourth-order valence-electron chi connectivity index (χ4n) is 2.56. The average molecular weight is 314 g/mol. The van der Waals surface area contributed by atoms with Crippen LogP contribution in [0.15, 0.2) is 35.8 Å². The van der Waals surface area contributed by atoms with Crippen LogP contribution in [0.4, 0.5) is 5.69 Å². The van der Waals surface area contributed by atoms with Gasteiger partial charge in [-0.05, 0) is 23.6 Å². The van der Waals surface area contributed by atoms with E-state index in [4.69, 9.17) is 10.00 Å². The third-order valence-electron chi connectivity index (χ3n) is 3.74. The van der Waals surface area contributed by atoms with Crippen LogP contribution in [-0.4, -0.2) is 42.7 Å². The molecule has 0 aliphatic carbocycles. The number of morpholine rings is 1. The lowest BCUT2D eigenvalue weighted by Crippen LogP contribution is -2.41. The van der Waals surface area contributed by atoms with Gasteiger partial charge in [0.1, 0.15) is 11.8 Å². The Balaban J connectivity index is 1.68. The number of nitriles is 1. The van der Waals surface area contributed by atoms with Crippen LogP contribution in [0.5, 0.6) is 0 Å². The van der Waals surface area contributed by atoms with E-state index >= 15 is 0 Å². The van der Waals surface area contributed by atoms with Gasteiger partial charge in [-0.25, -0.2) is 4.98 Å². The summed E-state index contributed by atoms with van der Waals surface area (Å²) in [5.74, 6) is 0. The molecule has 0 saturated carbocycles. The van der Waals surface area contributed by atoms with E-state index in [1.165, 1.54) is 4.88 Å². The lowest BCUT2D eigenvalue weighted by atomic mass is 10.2. The maximum atomic E-state index is 8.79. The number of nitrogens with zero attached hydrogens (tertiary/aromatic N) is 3. The predicted octanol–water partition coefficient (Wildman–Crippen LogP) is 2.50. The Morgan fingerprint density at radius 3 is 2.86 bits per heavy atom. The Morgan fingerprint density at radius 2 is 2.23 bits per heavy atom. The van der Waals surface area contributed by atoms with Crippen LogP contribution in [0.1, 0.15) is 16.6 Å². The monoisotopic (exact) mass is 314 g/mol. The third kappa shape index (κ3) is 3.63. The fraction of sp³-hybridized carbons (Fsp3) is 0.375. The van der Waals surface area contributed by atoms with Crippen molar-refractivity contribution in [3.8, 4) is 6.07 Å². The van der Waals surface area contributed by atoms with Crippen LogP contribution < -0.4 is 5.32 Å². The largest absolute Gasteiger partial charge is 0.382 e. The van der Waals surface area contributed by atoms with Crippen molar-refractivity contribution in [2.45, 2.75) is 6.04 Å². The zero-order valence-electron chi connectivity index (χ0n) is 12.2. The van der Waals surface area contributed by atoms with Crippen molar-refractivity contribution in [1.29, 1.82) is 5.26 Å². The highest BCUT2D eigenvalue weighted by atomic mass is 32.1. The molecular weight excluding hydrogens is 296 g/mol. The number of rotatable bonds is 5. The van der Waals surface area contributed by atoms with Crippen molar-refractivity contribution in [3.05, 3.63) is 46.4 Å². The van der Waals surface area contributed by atoms with E-state index in [0.29, 0.717) is 11.7 Å². The van der Waals surface area contributed by atoms with Gasteiger partial charge >= 0.3 is 0 Å². The van der Waals surface area contributed by atoms with Gasteiger partial charge in [0.15, 0.2) is 0 Å². The number of nitrogens with one attached hydrogen (secondary N) is 1. The summed E-state index contributed by atoms with van der Waals surface area (Å²) in [4.78, 5) is 7.91. The first kappa shape index (κ1) is 15.0. The Hall–Kier alpha value is -1.94. The van der Waals surface area contributed by atoms with Crippen LogP contribution in [0.3, 0.4) is 0 Å². The molecule has 3 heterocycles. The van der Waals surface area contributed by atoms with Crippen molar-refractivity contribution >= 4 is 17.0 Å². The molecule has 1 atom stereocenters. The van der Waals surface area contributed by atoms with E-state index in [-0.39, 0.29) is 0 Å². The standard InChI is InChI=1S/C16H18N4OS/c17-10-13-3-4-14(11-18-13)19-12-15(16-2-1-9-22-16)20-5-7-21-8-6-20/h1-4,9,11,15,19H,5-8,12H2. The minimum absolute atomic E-state index is 0.333. The van der Waals surface area contributed by atoms with Crippen molar-refractivity contribution < 1.29 is 4.74 Å². The Morgan fingerprint density at radius 1 is 1.36 bits per heavy atom. The Labute approximate surface area is 134 Å². The molecule has 1 aliphatic heterocycles. The number of anilines is 1. The molecule has 3 rings (SSSR count). The maximum absolute atomic E-state index is 8.79. The van der Waals surface area contributed by atoms with Crippen LogP contribution in [0.25, 0.3) is 0 Å². The number of thiophene rings is 1. The summed E-state index contributed by atoms with van der Waals surface area (Å²) < 4.78 is 5.46. The van der Waals surface area contributed by atoms with Gasteiger partial charge < -0.3 is 10.1 Å². The zero-order valence-corrected chi connectivity index (χ0v) is 13.1. The minimum atomic E-state index is 0.333. The first-order valence-electron chi connectivity index (χ1n) is 7.32. The molecular formula is C16H18N4OS. The molecule has 1 unspecified atom stereocenters. The van der Waals surface area contributed by atoms with Gasteiger partial charge in [0, 0.05) is 24.5 Å². The predicted molar refractivity (Wildman–Crippen MR) is 86.9 cm³/mol. The molecule has 114 valence electrons. The van der Waals surface area contributed by atoms with Crippen molar-refractivity contribution in [2.24, 2.45) is 0 Å². The van der Waals surface area contributed by atoms with Gasteiger partial charge in [-0.3, -0.25) is 4.90 Å². The molecule has 2 aromatic rings. The molecule has 5 nitrogen and oxygen atoms in total. The quantitative estimate of drug-likeness (QED) is 0.919. The highest BCUT2D eigenvalue weighted by Crippen LogP contribution is 2.26. The normalized spacial score (nSPS) is 16.9. The first-order valence-corrected chi connectivity index (χ1v) is 8.20. The summed E-state index contributed by atoms with van der Waals surface area (Å²) in [5.41, 5.74) is 1.38. The summed E-state index contributed by atoms with van der Waals surface area (Å²) in [5, 5.41) is 14.3. The minimum Gasteiger partial charge on any atom is -0.382 e. The summed E-state index contributed by atoms with van der Waals surface area (Å²) in [6.07, 6.45) is 1.71. The highest BCUT2D eigenvalue weighted by Gasteiger charge is 2.23. The molecule has 1 aliphatic rings. The van der Waals surface area contributed by atoms with Crippen LogP contribution in [0.2, 0.25) is 0 Å². The summed E-state index contributed by atoms with van der Waals surface area (Å²) >= 11 is 1.78. The Kier molecular flexibility index (Phi) is 5.01. The zero-order chi connectivity index (χ0) is 15.2. The van der Waals surface area contributed by atoms with Crippen LogP contribution in [-0.2, 0) is 4.74 Å². The average Bonchev–Trinajstić information content (AvgIpc) is 3.11. The van der Waals surface area contributed by atoms with E-state index in [2.05, 4.69) is 32.7 Å². The van der Waals surface area contributed by atoms with Crippen LogP contribution >= 0.6 is 11.3 Å². The van der Waals surface area contributed by atoms with Gasteiger partial charge in [0.25, 0.3) is 0 Å². The SMILES string of the molecule is N#Cc1ccc(NCC(c2cccs2)N2CCOCC2)cn1. The second kappa shape index (κ2) is 7.36. The molecule has 1 saturated heterocycles. The first-order chi connectivity index (χ1) is 10.9. The van der Waals surface area contributed by atoms with Gasteiger partial charge in [-0.1, -0.05) is 6.07 Å². The van der Waals surface area contributed by atoms with Crippen molar-refractivity contribution in [3.63, 3.8) is 0 Å². The van der Waals surface area contributed by atoms with E-state index in [0.717, 1.165) is 38.5 Å². The molecule has 0 bridgehead atoms. The number of ether oxygens (including phenoxy) is 1. The summed E-state index contributed by atoms with van der Waals surface area (Å²) in [7, 11) is 0. The lowest BCUT2D eigenvalue weighted by Gasteiger charge is -2.34. The third-order valence-corrected chi connectivity index (χ3v) is 4.71. The van der Waals surface area contributed by atoms with Crippen molar-refractivity contribution in [1.82, 2.24) is 9.88 Å². The summed E-state index contributed by atoms with van der Waals surface area (Å²) in [6.45, 7) is 4.31. The number of pyridine rings is 1. The lowest BCUT2D eigenvalue weighted by molar-refractivity contribution is 0.0194. The van der Waals surface area contributed by atoms with E-state index in [1.807, 2.05) is 12.1 Å². The van der Waals surface area contributed by atoms with Gasteiger partial charge in [0.2, 0.25) is 0 Å². The van der Waals surface area contributed by atoms with E-state index < -0.39 is 0 Å². The van der Waals surface area contributed by atoms with Crippen LogP contribution in [0, 0.1) is 11.3 Å². The molecule has 0 radical (unpaired) electrons. The van der Waals surface area contributed by atoms with Gasteiger partial charge in [0.05, 0.1) is 31.1 Å². The molecule has 22 heavy (non-hydrogen) atoms. The summed E-state index contributed by atoms with van der Waals surface area (Å²) in [6, 6.07) is 10.3. The molecule has 6 heteroatoms. The second-order valence-corrected chi connectivity index (χ2v) is 6.08. The number of hydrogen-bond donors (Lipinski definition) is 1. The van der Waals surface area contributed by atoms with E-state index in [1.54, 1.807) is 23.6 Å². The maximum Gasteiger partial charge on any atom is 0.140 e. The Bertz CT molecular complexity index is 615. The fourth-order valence-corrected chi connectivity index (χ4v) is 3.42. The number of hydrogen-bond acceptors (Lipinski definition) is 6. The molecule has 1 fully saturated rings. The topological polar surface area (TPSA) is 61.2 Å². The van der Waals surface area contributed by atoms with Crippen molar-refractivity contribution in [2.75, 3.05) is 38.2 Å². The molecule has 0 spiro atoms. The highest BCUT2D eigenvalue weighted by molar-refractivity contribution is 7.10. The van der Waals surface area contributed by atoms with Gasteiger partial charge in [-0.2, -0.15) is 5.26 Å².